The number of carboxylic acids is 1. The number of hydrogen-bond acceptors (Lipinski definition) is 4. The van der Waals surface area contributed by atoms with Gasteiger partial charge in [-0.05, 0) is 44.4 Å². The Morgan fingerprint density at radius 2 is 1.53 bits per heavy atom. The minimum Gasteiger partial charge on any atom is -0.480 e. The largest absolute Gasteiger partial charge is 0.480 e. The average Bonchev–Trinajstić information content (AvgIpc) is 3.21. The zero-order valence-corrected chi connectivity index (χ0v) is 18.7. The third-order valence-corrected chi connectivity index (χ3v) is 6.47. The first-order valence-electron chi connectivity index (χ1n) is 10.8. The highest BCUT2D eigenvalue weighted by Gasteiger charge is 2.67. The summed E-state index contributed by atoms with van der Waals surface area (Å²) in [6.45, 7) is 6.87. The third-order valence-electron chi connectivity index (χ3n) is 6.47. The summed E-state index contributed by atoms with van der Waals surface area (Å²) >= 11 is 0. The Morgan fingerprint density at radius 3 is 2.06 bits per heavy atom. The molecule has 2 aliphatic heterocycles. The SMILES string of the molecule is CC1(C(=O)O)NC(c2ccc(C=Cc3ccccc3)cc2)C2C(=O)N(C(C)(C)C)C(=O)C21. The number of nitrogens with one attached hydrogen (secondary N) is 1. The topological polar surface area (TPSA) is 86.7 Å². The van der Waals surface area contributed by atoms with Gasteiger partial charge in [-0.3, -0.25) is 24.6 Å². The minimum absolute atomic E-state index is 0.317. The van der Waals surface area contributed by atoms with Crippen LogP contribution in [-0.2, 0) is 14.4 Å². The van der Waals surface area contributed by atoms with Crippen molar-refractivity contribution >= 4 is 29.9 Å². The molecular weight excluding hydrogens is 404 g/mol. The van der Waals surface area contributed by atoms with Crippen molar-refractivity contribution < 1.29 is 19.5 Å². The molecule has 2 N–H and O–H groups in total. The summed E-state index contributed by atoms with van der Waals surface area (Å²) in [7, 11) is 0. The summed E-state index contributed by atoms with van der Waals surface area (Å²) in [5, 5.41) is 13.1. The average molecular weight is 433 g/mol. The Bertz CT molecular complexity index is 1090. The van der Waals surface area contributed by atoms with Crippen LogP contribution in [0.3, 0.4) is 0 Å². The van der Waals surface area contributed by atoms with Gasteiger partial charge in [-0.1, -0.05) is 66.7 Å². The molecule has 2 amide bonds. The van der Waals surface area contributed by atoms with E-state index in [9.17, 15) is 19.5 Å². The van der Waals surface area contributed by atoms with Gasteiger partial charge in [0.2, 0.25) is 11.8 Å². The van der Waals surface area contributed by atoms with E-state index in [0.717, 1.165) is 16.7 Å². The lowest BCUT2D eigenvalue weighted by Gasteiger charge is -2.34. The van der Waals surface area contributed by atoms with E-state index in [1.807, 2.05) is 66.7 Å². The molecule has 0 bridgehead atoms. The minimum atomic E-state index is -1.52. The molecule has 2 aliphatic rings. The van der Waals surface area contributed by atoms with Crippen LogP contribution in [0.2, 0.25) is 0 Å². The molecule has 4 atom stereocenters. The predicted octanol–water partition coefficient (Wildman–Crippen LogP) is 3.74. The number of nitrogens with zero attached hydrogens (tertiary/aromatic N) is 1. The van der Waals surface area contributed by atoms with Gasteiger partial charge in [-0.15, -0.1) is 0 Å². The standard InChI is InChI=1S/C26H28N2O4/c1-25(2,3)28-22(29)19-20(23(28)30)26(4,24(31)32)27-21(19)18-14-12-17(13-15-18)11-10-16-8-6-5-7-9-16/h5-15,19-21,27H,1-4H3,(H,31,32). The fourth-order valence-corrected chi connectivity index (χ4v) is 4.85. The highest BCUT2D eigenvalue weighted by molar-refractivity contribution is 6.10. The first-order chi connectivity index (χ1) is 15.0. The van der Waals surface area contributed by atoms with E-state index in [1.54, 1.807) is 20.8 Å². The zero-order chi connectivity index (χ0) is 23.3. The summed E-state index contributed by atoms with van der Waals surface area (Å²) in [6.07, 6.45) is 4.01. The Balaban J connectivity index is 1.66. The van der Waals surface area contributed by atoms with Crippen molar-refractivity contribution in [3.05, 3.63) is 71.3 Å². The highest BCUT2D eigenvalue weighted by atomic mass is 16.4. The molecule has 0 aliphatic carbocycles. The van der Waals surface area contributed by atoms with Gasteiger partial charge in [0.25, 0.3) is 0 Å². The molecule has 0 spiro atoms. The van der Waals surface area contributed by atoms with Crippen LogP contribution in [0.5, 0.6) is 0 Å². The summed E-state index contributed by atoms with van der Waals surface area (Å²) in [5.41, 5.74) is 0.631. The molecule has 166 valence electrons. The normalized spacial score (nSPS) is 27.9. The third kappa shape index (κ3) is 3.54. The number of carbonyl (C=O) groups is 3. The second-order valence-electron chi connectivity index (χ2n) is 9.73. The number of amides is 2. The molecule has 6 heteroatoms. The number of imide groups is 1. The Hall–Kier alpha value is -3.25. The van der Waals surface area contributed by atoms with Crippen LogP contribution in [0.25, 0.3) is 12.2 Å². The molecule has 0 saturated carbocycles. The molecule has 6 nitrogen and oxygen atoms in total. The second-order valence-corrected chi connectivity index (χ2v) is 9.73. The van der Waals surface area contributed by atoms with Gasteiger partial charge in [-0.2, -0.15) is 0 Å². The van der Waals surface area contributed by atoms with Crippen molar-refractivity contribution in [2.75, 3.05) is 0 Å². The van der Waals surface area contributed by atoms with E-state index >= 15 is 0 Å². The zero-order valence-electron chi connectivity index (χ0n) is 18.7. The molecule has 0 radical (unpaired) electrons. The lowest BCUT2D eigenvalue weighted by Crippen LogP contribution is -2.55. The van der Waals surface area contributed by atoms with Crippen molar-refractivity contribution in [3.8, 4) is 0 Å². The molecule has 4 unspecified atom stereocenters. The summed E-state index contributed by atoms with van der Waals surface area (Å²) in [4.78, 5) is 39.9. The monoisotopic (exact) mass is 432 g/mol. The van der Waals surface area contributed by atoms with Gasteiger partial charge in [0.15, 0.2) is 0 Å². The number of carbonyl (C=O) groups excluding carboxylic acids is 2. The Morgan fingerprint density at radius 1 is 0.969 bits per heavy atom. The quantitative estimate of drug-likeness (QED) is 0.568. The van der Waals surface area contributed by atoms with Crippen LogP contribution in [0.15, 0.2) is 54.6 Å². The Kier molecular flexibility index (Phi) is 5.29. The molecule has 2 heterocycles. The van der Waals surface area contributed by atoms with Gasteiger partial charge in [0.1, 0.15) is 5.54 Å². The highest BCUT2D eigenvalue weighted by Crippen LogP contribution is 2.50. The molecule has 2 aromatic rings. The Labute approximate surface area is 187 Å². The van der Waals surface area contributed by atoms with Gasteiger partial charge >= 0.3 is 5.97 Å². The molecule has 2 aromatic carbocycles. The van der Waals surface area contributed by atoms with E-state index < -0.39 is 40.8 Å². The van der Waals surface area contributed by atoms with Crippen molar-refractivity contribution in [1.29, 1.82) is 0 Å². The van der Waals surface area contributed by atoms with E-state index in [0.29, 0.717) is 0 Å². The predicted molar refractivity (Wildman–Crippen MR) is 122 cm³/mol. The number of aliphatic carboxylic acids is 1. The molecule has 4 rings (SSSR count). The van der Waals surface area contributed by atoms with E-state index in [4.69, 9.17) is 0 Å². The van der Waals surface area contributed by atoms with Gasteiger partial charge in [0, 0.05) is 11.6 Å². The smallest absolute Gasteiger partial charge is 0.324 e. The van der Waals surface area contributed by atoms with Crippen molar-refractivity contribution in [3.63, 3.8) is 0 Å². The first-order valence-corrected chi connectivity index (χ1v) is 10.8. The van der Waals surface area contributed by atoms with Crippen LogP contribution in [0.1, 0.15) is 50.4 Å². The first kappa shape index (κ1) is 22.0. The van der Waals surface area contributed by atoms with Crippen LogP contribution in [0.4, 0.5) is 0 Å². The van der Waals surface area contributed by atoms with Crippen molar-refractivity contribution in [1.82, 2.24) is 10.2 Å². The van der Waals surface area contributed by atoms with Gasteiger partial charge in [-0.25, -0.2) is 0 Å². The lowest BCUT2D eigenvalue weighted by molar-refractivity contribution is -0.152. The molecule has 2 fully saturated rings. The van der Waals surface area contributed by atoms with Crippen LogP contribution >= 0.6 is 0 Å². The van der Waals surface area contributed by atoms with Crippen molar-refractivity contribution in [2.45, 2.75) is 44.8 Å². The maximum absolute atomic E-state index is 13.3. The molecule has 32 heavy (non-hydrogen) atoms. The molecule has 2 saturated heterocycles. The molecule has 0 aromatic heterocycles. The number of likely N-dealkylation sites (tertiary alicyclic amines) is 1. The summed E-state index contributed by atoms with van der Waals surface area (Å²) < 4.78 is 0. The van der Waals surface area contributed by atoms with E-state index in [1.165, 1.54) is 11.8 Å². The van der Waals surface area contributed by atoms with E-state index in [2.05, 4.69) is 5.32 Å². The van der Waals surface area contributed by atoms with Crippen LogP contribution in [0, 0.1) is 11.8 Å². The van der Waals surface area contributed by atoms with Crippen LogP contribution < -0.4 is 5.32 Å². The van der Waals surface area contributed by atoms with Crippen LogP contribution in [-0.4, -0.2) is 38.9 Å². The number of carboxylic acid groups (broad SMARTS) is 1. The number of rotatable bonds is 4. The van der Waals surface area contributed by atoms with Gasteiger partial charge in [0.05, 0.1) is 11.8 Å². The fraction of sp³-hybridized carbons (Fsp3) is 0.346. The number of hydrogen-bond donors (Lipinski definition) is 2. The lowest BCUT2D eigenvalue weighted by atomic mass is 9.80. The van der Waals surface area contributed by atoms with Gasteiger partial charge < -0.3 is 5.11 Å². The number of benzene rings is 2. The summed E-state index contributed by atoms with van der Waals surface area (Å²) in [6, 6.07) is 17.1. The number of fused-ring (bicyclic) bond motifs is 1. The maximum Gasteiger partial charge on any atom is 0.324 e. The van der Waals surface area contributed by atoms with E-state index in [-0.39, 0.29) is 5.91 Å². The fourth-order valence-electron chi connectivity index (χ4n) is 4.85. The maximum atomic E-state index is 13.3. The molecular formula is C26H28N2O4. The summed E-state index contributed by atoms with van der Waals surface area (Å²) in [5.74, 6) is -3.57. The second kappa shape index (κ2) is 7.71. The van der Waals surface area contributed by atoms with Crippen molar-refractivity contribution in [2.24, 2.45) is 11.8 Å².